The third-order valence-corrected chi connectivity index (χ3v) is 3.39. The summed E-state index contributed by atoms with van der Waals surface area (Å²) < 4.78 is 13.5. The molecule has 0 aliphatic rings. The van der Waals surface area contributed by atoms with Crippen LogP contribution in [0, 0.1) is 19.7 Å². The molecule has 0 fully saturated rings. The molecule has 0 bridgehead atoms. The molecule has 1 N–H and O–H groups in total. The number of aryl methyl sites for hydroxylation is 2. The van der Waals surface area contributed by atoms with Gasteiger partial charge in [0.05, 0.1) is 0 Å². The molecule has 0 atom stereocenters. The Labute approximate surface area is 119 Å². The van der Waals surface area contributed by atoms with Crippen molar-refractivity contribution >= 4 is 5.82 Å². The summed E-state index contributed by atoms with van der Waals surface area (Å²) in [7, 11) is 1.84. The molecule has 0 aliphatic heterocycles. The van der Waals surface area contributed by atoms with Crippen LogP contribution >= 0.6 is 0 Å². The highest BCUT2D eigenvalue weighted by Crippen LogP contribution is 2.29. The van der Waals surface area contributed by atoms with E-state index in [-0.39, 0.29) is 5.82 Å². The van der Waals surface area contributed by atoms with E-state index in [4.69, 9.17) is 0 Å². The standard InChI is InChI=1S/C16H20FN3/c1-9(2)14-11(4)19-15(20-16(14)18-5)13-8-12(17)7-6-10(13)3/h6-9H,1-5H3,(H,18,19,20). The molecule has 0 aliphatic carbocycles. The van der Waals surface area contributed by atoms with Crippen LogP contribution in [0.2, 0.25) is 0 Å². The molecule has 0 saturated heterocycles. The molecule has 0 amide bonds. The van der Waals surface area contributed by atoms with E-state index in [2.05, 4.69) is 29.1 Å². The van der Waals surface area contributed by atoms with Gasteiger partial charge in [0.15, 0.2) is 5.82 Å². The average Bonchev–Trinajstić information content (AvgIpc) is 2.40. The van der Waals surface area contributed by atoms with E-state index in [1.165, 1.54) is 12.1 Å². The van der Waals surface area contributed by atoms with E-state index in [0.29, 0.717) is 11.7 Å². The van der Waals surface area contributed by atoms with Crippen molar-refractivity contribution in [1.82, 2.24) is 9.97 Å². The number of rotatable bonds is 3. The first-order valence-electron chi connectivity index (χ1n) is 6.76. The first-order valence-corrected chi connectivity index (χ1v) is 6.76. The molecule has 3 nitrogen and oxygen atoms in total. The van der Waals surface area contributed by atoms with E-state index < -0.39 is 0 Å². The average molecular weight is 273 g/mol. The third-order valence-electron chi connectivity index (χ3n) is 3.39. The summed E-state index contributed by atoms with van der Waals surface area (Å²) in [5, 5.41) is 3.12. The van der Waals surface area contributed by atoms with Crippen LogP contribution in [0.1, 0.15) is 36.6 Å². The molecule has 1 heterocycles. The molecule has 2 rings (SSSR count). The highest BCUT2D eigenvalue weighted by molar-refractivity contribution is 5.63. The lowest BCUT2D eigenvalue weighted by molar-refractivity contribution is 0.627. The topological polar surface area (TPSA) is 37.8 Å². The Hall–Kier alpha value is -1.97. The highest BCUT2D eigenvalue weighted by atomic mass is 19.1. The lowest BCUT2D eigenvalue weighted by Gasteiger charge is -2.16. The van der Waals surface area contributed by atoms with Crippen LogP contribution in [-0.2, 0) is 0 Å². The Morgan fingerprint density at radius 1 is 1.15 bits per heavy atom. The first-order chi connectivity index (χ1) is 9.43. The lowest BCUT2D eigenvalue weighted by Crippen LogP contribution is -2.07. The molecule has 1 aromatic carbocycles. The van der Waals surface area contributed by atoms with Crippen molar-refractivity contribution in [3.63, 3.8) is 0 Å². The van der Waals surface area contributed by atoms with E-state index in [9.17, 15) is 4.39 Å². The maximum Gasteiger partial charge on any atom is 0.162 e. The molecule has 1 aromatic heterocycles. The number of nitrogens with one attached hydrogen (secondary N) is 1. The van der Waals surface area contributed by atoms with E-state index in [1.54, 1.807) is 6.07 Å². The number of aromatic nitrogens is 2. The van der Waals surface area contributed by atoms with Gasteiger partial charge >= 0.3 is 0 Å². The second kappa shape index (κ2) is 5.57. The van der Waals surface area contributed by atoms with Gasteiger partial charge in [-0.05, 0) is 37.5 Å². The summed E-state index contributed by atoms with van der Waals surface area (Å²) in [4.78, 5) is 9.11. The Balaban J connectivity index is 2.64. The molecule has 0 radical (unpaired) electrons. The zero-order chi connectivity index (χ0) is 14.9. The number of benzene rings is 1. The predicted molar refractivity (Wildman–Crippen MR) is 80.5 cm³/mol. The maximum atomic E-state index is 13.5. The Morgan fingerprint density at radius 2 is 1.85 bits per heavy atom. The summed E-state index contributed by atoms with van der Waals surface area (Å²) in [6, 6.07) is 4.69. The number of hydrogen-bond acceptors (Lipinski definition) is 3. The fourth-order valence-electron chi connectivity index (χ4n) is 2.42. The molecule has 106 valence electrons. The second-order valence-corrected chi connectivity index (χ2v) is 5.26. The number of hydrogen-bond donors (Lipinski definition) is 1. The largest absolute Gasteiger partial charge is 0.373 e. The molecule has 20 heavy (non-hydrogen) atoms. The van der Waals surface area contributed by atoms with Crippen LogP contribution in [0.5, 0.6) is 0 Å². The van der Waals surface area contributed by atoms with Crippen molar-refractivity contribution in [3.05, 3.63) is 40.8 Å². The smallest absolute Gasteiger partial charge is 0.162 e. The van der Waals surface area contributed by atoms with Gasteiger partial charge in [-0.15, -0.1) is 0 Å². The summed E-state index contributed by atoms with van der Waals surface area (Å²) >= 11 is 0. The minimum Gasteiger partial charge on any atom is -0.373 e. The Morgan fingerprint density at radius 3 is 2.45 bits per heavy atom. The zero-order valence-electron chi connectivity index (χ0n) is 12.6. The van der Waals surface area contributed by atoms with Gasteiger partial charge in [0.2, 0.25) is 0 Å². The molecular weight excluding hydrogens is 253 g/mol. The second-order valence-electron chi connectivity index (χ2n) is 5.26. The van der Waals surface area contributed by atoms with Crippen LogP contribution < -0.4 is 5.32 Å². The van der Waals surface area contributed by atoms with Crippen LogP contribution in [0.25, 0.3) is 11.4 Å². The third kappa shape index (κ3) is 2.64. The molecule has 0 spiro atoms. The zero-order valence-corrected chi connectivity index (χ0v) is 12.6. The summed E-state index contributed by atoms with van der Waals surface area (Å²) in [6.07, 6.45) is 0. The maximum absolute atomic E-state index is 13.5. The predicted octanol–water partition coefficient (Wildman–Crippen LogP) is 4.06. The SMILES string of the molecule is CNc1nc(-c2cc(F)ccc2C)nc(C)c1C(C)C. The van der Waals surface area contributed by atoms with Crippen LogP contribution in [0.4, 0.5) is 10.2 Å². The fraction of sp³-hybridized carbons (Fsp3) is 0.375. The van der Waals surface area contributed by atoms with Gasteiger partial charge in [-0.1, -0.05) is 19.9 Å². The summed E-state index contributed by atoms with van der Waals surface area (Å²) in [5.74, 6) is 1.44. The summed E-state index contributed by atoms with van der Waals surface area (Å²) in [6.45, 7) is 8.12. The molecule has 2 aromatic rings. The van der Waals surface area contributed by atoms with Crippen molar-refractivity contribution in [2.45, 2.75) is 33.6 Å². The van der Waals surface area contributed by atoms with Gasteiger partial charge in [0, 0.05) is 23.9 Å². The molecule has 4 heteroatoms. The quantitative estimate of drug-likeness (QED) is 0.916. The van der Waals surface area contributed by atoms with E-state index >= 15 is 0 Å². The van der Waals surface area contributed by atoms with Crippen molar-refractivity contribution in [2.75, 3.05) is 12.4 Å². The highest BCUT2D eigenvalue weighted by Gasteiger charge is 2.16. The minimum atomic E-state index is -0.272. The monoisotopic (exact) mass is 273 g/mol. The Bertz CT molecular complexity index is 636. The van der Waals surface area contributed by atoms with E-state index in [1.807, 2.05) is 20.9 Å². The van der Waals surface area contributed by atoms with Gasteiger partial charge in [-0.3, -0.25) is 0 Å². The van der Waals surface area contributed by atoms with Crippen molar-refractivity contribution < 1.29 is 4.39 Å². The van der Waals surface area contributed by atoms with Crippen molar-refractivity contribution in [2.24, 2.45) is 0 Å². The van der Waals surface area contributed by atoms with Gasteiger partial charge < -0.3 is 5.32 Å². The van der Waals surface area contributed by atoms with Crippen LogP contribution in [-0.4, -0.2) is 17.0 Å². The molecular formula is C16H20FN3. The van der Waals surface area contributed by atoms with Gasteiger partial charge in [-0.2, -0.15) is 0 Å². The van der Waals surface area contributed by atoms with Gasteiger partial charge in [0.1, 0.15) is 11.6 Å². The number of halogens is 1. The van der Waals surface area contributed by atoms with Crippen molar-refractivity contribution in [3.8, 4) is 11.4 Å². The minimum absolute atomic E-state index is 0.272. The summed E-state index contributed by atoms with van der Waals surface area (Å²) in [5.41, 5.74) is 3.73. The van der Waals surface area contributed by atoms with Crippen LogP contribution in [0.15, 0.2) is 18.2 Å². The normalized spacial score (nSPS) is 10.9. The molecule has 0 unspecified atom stereocenters. The van der Waals surface area contributed by atoms with Gasteiger partial charge in [0.25, 0.3) is 0 Å². The Kier molecular flexibility index (Phi) is 4.02. The first kappa shape index (κ1) is 14.4. The van der Waals surface area contributed by atoms with Crippen LogP contribution in [0.3, 0.4) is 0 Å². The number of anilines is 1. The van der Waals surface area contributed by atoms with Crippen molar-refractivity contribution in [1.29, 1.82) is 0 Å². The van der Waals surface area contributed by atoms with Gasteiger partial charge in [-0.25, -0.2) is 14.4 Å². The fourth-order valence-corrected chi connectivity index (χ4v) is 2.42. The molecule has 0 saturated carbocycles. The van der Waals surface area contributed by atoms with E-state index in [0.717, 1.165) is 28.2 Å². The lowest BCUT2D eigenvalue weighted by atomic mass is 10.0. The number of nitrogens with zero attached hydrogens (tertiary/aromatic N) is 2.